The maximum absolute atomic E-state index is 10.8. The molecule has 5 saturated carbocycles. The van der Waals surface area contributed by atoms with E-state index in [2.05, 4.69) is 48.1 Å². The second-order valence-electron chi connectivity index (χ2n) is 14.1. The van der Waals surface area contributed by atoms with Gasteiger partial charge in [-0.1, -0.05) is 46.8 Å². The molecule has 0 aromatic heterocycles. The van der Waals surface area contributed by atoms with Crippen molar-refractivity contribution in [3.8, 4) is 0 Å². The van der Waals surface area contributed by atoms with Crippen LogP contribution in [0.4, 0.5) is 0 Å². The van der Waals surface area contributed by atoms with Crippen LogP contribution >= 0.6 is 0 Å². The molecule has 1 N–H and O–H groups in total. The Hall–Kier alpha value is -0.300. The van der Waals surface area contributed by atoms with E-state index in [9.17, 15) is 5.11 Å². The highest BCUT2D eigenvalue weighted by molar-refractivity contribution is 5.17. The Morgan fingerprint density at radius 2 is 1.43 bits per heavy atom. The SMILES string of the molecule is C=C(C)[C@@H]1CC[C@]2(C)CC[C@@H]3[C@H](CC[C@@H]4[C@@]3(C)CC[C@H]3C(C)(C)[C@@H](O)CC[C@]43C)[C@@H]12. The average Bonchev–Trinajstić information content (AvgIpc) is 3.03. The molecule has 5 fully saturated rings. The fourth-order valence-electron chi connectivity index (χ4n) is 11.2. The van der Waals surface area contributed by atoms with E-state index in [0.29, 0.717) is 22.2 Å². The van der Waals surface area contributed by atoms with E-state index in [0.717, 1.165) is 36.0 Å². The Bertz CT molecular complexity index is 722. The summed E-state index contributed by atoms with van der Waals surface area (Å²) in [7, 11) is 0. The van der Waals surface area contributed by atoms with Gasteiger partial charge in [-0.25, -0.2) is 0 Å². The fraction of sp³-hybridized carbons (Fsp3) is 0.931. The van der Waals surface area contributed by atoms with Crippen LogP contribution in [0.1, 0.15) is 106 Å². The minimum atomic E-state index is -0.110. The number of allylic oxidation sites excluding steroid dienone is 1. The molecule has 1 nitrogen and oxygen atoms in total. The first-order valence-electron chi connectivity index (χ1n) is 13.3. The van der Waals surface area contributed by atoms with E-state index in [4.69, 9.17) is 0 Å². The second kappa shape index (κ2) is 6.61. The van der Waals surface area contributed by atoms with Gasteiger partial charge in [0.2, 0.25) is 0 Å². The summed E-state index contributed by atoms with van der Waals surface area (Å²) < 4.78 is 0. The van der Waals surface area contributed by atoms with Crippen molar-refractivity contribution in [2.24, 2.45) is 57.2 Å². The quantitative estimate of drug-likeness (QED) is 0.439. The van der Waals surface area contributed by atoms with Gasteiger partial charge in [-0.3, -0.25) is 0 Å². The van der Waals surface area contributed by atoms with Crippen LogP contribution in [0, 0.1) is 57.2 Å². The molecular formula is C29H48O. The maximum Gasteiger partial charge on any atom is 0.0594 e. The molecule has 0 spiro atoms. The highest BCUT2D eigenvalue weighted by Gasteiger charge is 2.66. The Kier molecular flexibility index (Phi) is 4.75. The first kappa shape index (κ1) is 21.5. The number of hydrogen-bond donors (Lipinski definition) is 1. The van der Waals surface area contributed by atoms with Crippen molar-refractivity contribution in [1.82, 2.24) is 0 Å². The molecule has 30 heavy (non-hydrogen) atoms. The van der Waals surface area contributed by atoms with Crippen molar-refractivity contribution in [1.29, 1.82) is 0 Å². The summed E-state index contributed by atoms with van der Waals surface area (Å²) in [5.74, 6) is 5.05. The van der Waals surface area contributed by atoms with Crippen LogP contribution < -0.4 is 0 Å². The van der Waals surface area contributed by atoms with Gasteiger partial charge in [0, 0.05) is 0 Å². The minimum absolute atomic E-state index is 0.0762. The zero-order valence-electron chi connectivity index (χ0n) is 20.8. The molecule has 0 amide bonds. The molecule has 0 heterocycles. The molecular weight excluding hydrogens is 364 g/mol. The first-order valence-corrected chi connectivity index (χ1v) is 13.3. The van der Waals surface area contributed by atoms with Crippen molar-refractivity contribution in [3.63, 3.8) is 0 Å². The van der Waals surface area contributed by atoms with E-state index < -0.39 is 0 Å². The highest BCUT2D eigenvalue weighted by Crippen LogP contribution is 2.73. The van der Waals surface area contributed by atoms with Crippen LogP contribution in [-0.4, -0.2) is 11.2 Å². The van der Waals surface area contributed by atoms with Crippen molar-refractivity contribution >= 4 is 0 Å². The predicted molar refractivity (Wildman–Crippen MR) is 126 cm³/mol. The third-order valence-corrected chi connectivity index (χ3v) is 12.6. The molecule has 170 valence electrons. The summed E-state index contributed by atoms with van der Waals surface area (Å²) in [4.78, 5) is 0. The van der Waals surface area contributed by atoms with E-state index in [1.807, 2.05) is 0 Å². The standard InChI is InChI=1S/C29H48O/c1-18(2)19-10-14-27(5)15-11-21-20(25(19)27)8-9-23-28(21,6)16-12-22-26(3,4)24(30)13-17-29(22,23)7/h19-25,30H,1,8-17H2,2-7H3/t19-,20-,21+,22-,23+,24-,25+,27+,28-,29-/m0/s1. The third-order valence-electron chi connectivity index (χ3n) is 12.6. The number of aliphatic hydroxyl groups excluding tert-OH is 1. The Labute approximate surface area is 186 Å². The topological polar surface area (TPSA) is 20.2 Å². The summed E-state index contributed by atoms with van der Waals surface area (Å²) >= 11 is 0. The molecule has 0 aliphatic heterocycles. The molecule has 0 aromatic carbocycles. The normalized spacial score (nSPS) is 57.0. The lowest BCUT2D eigenvalue weighted by Crippen LogP contribution is -2.63. The predicted octanol–water partition coefficient (Wildman–Crippen LogP) is 7.63. The molecule has 0 saturated heterocycles. The van der Waals surface area contributed by atoms with Gasteiger partial charge in [-0.2, -0.15) is 0 Å². The molecule has 0 bridgehead atoms. The Balaban J connectivity index is 1.49. The summed E-state index contributed by atoms with van der Waals surface area (Å²) in [6.45, 7) is 19.5. The van der Waals surface area contributed by atoms with Gasteiger partial charge in [0.15, 0.2) is 0 Å². The molecule has 0 unspecified atom stereocenters. The molecule has 0 aromatic rings. The van der Waals surface area contributed by atoms with Crippen LogP contribution in [0.3, 0.4) is 0 Å². The number of rotatable bonds is 1. The van der Waals surface area contributed by atoms with Crippen LogP contribution in [0.15, 0.2) is 12.2 Å². The summed E-state index contributed by atoms with van der Waals surface area (Å²) in [5, 5.41) is 10.8. The summed E-state index contributed by atoms with van der Waals surface area (Å²) in [5.41, 5.74) is 3.05. The van der Waals surface area contributed by atoms with Gasteiger partial charge < -0.3 is 5.11 Å². The van der Waals surface area contributed by atoms with Crippen LogP contribution in [0.2, 0.25) is 0 Å². The Morgan fingerprint density at radius 3 is 2.13 bits per heavy atom. The van der Waals surface area contributed by atoms with Crippen LogP contribution in [-0.2, 0) is 0 Å². The molecule has 5 rings (SSSR count). The van der Waals surface area contributed by atoms with Gasteiger partial charge in [0.1, 0.15) is 0 Å². The first-order chi connectivity index (χ1) is 13.9. The van der Waals surface area contributed by atoms with Crippen LogP contribution in [0.5, 0.6) is 0 Å². The lowest BCUT2D eigenvalue weighted by molar-refractivity contribution is -0.215. The van der Waals surface area contributed by atoms with Crippen molar-refractivity contribution in [2.75, 3.05) is 0 Å². The van der Waals surface area contributed by atoms with Gasteiger partial charge in [-0.05, 0) is 128 Å². The van der Waals surface area contributed by atoms with E-state index in [1.54, 1.807) is 0 Å². The van der Waals surface area contributed by atoms with E-state index >= 15 is 0 Å². The largest absolute Gasteiger partial charge is 0.393 e. The van der Waals surface area contributed by atoms with Gasteiger partial charge in [0.25, 0.3) is 0 Å². The molecule has 0 radical (unpaired) electrons. The molecule has 10 atom stereocenters. The van der Waals surface area contributed by atoms with Gasteiger partial charge >= 0.3 is 0 Å². The van der Waals surface area contributed by atoms with Crippen molar-refractivity contribution in [3.05, 3.63) is 12.2 Å². The number of fused-ring (bicyclic) bond motifs is 7. The monoisotopic (exact) mass is 412 g/mol. The van der Waals surface area contributed by atoms with Gasteiger partial charge in [-0.15, -0.1) is 0 Å². The summed E-state index contributed by atoms with van der Waals surface area (Å²) in [6, 6.07) is 0. The van der Waals surface area contributed by atoms with E-state index in [-0.39, 0.29) is 11.5 Å². The van der Waals surface area contributed by atoms with Crippen molar-refractivity contribution in [2.45, 2.75) is 112 Å². The Morgan fingerprint density at radius 1 is 0.767 bits per heavy atom. The average molecular weight is 413 g/mol. The van der Waals surface area contributed by atoms with Crippen molar-refractivity contribution < 1.29 is 5.11 Å². The lowest BCUT2D eigenvalue weighted by atomic mass is 9.36. The summed E-state index contributed by atoms with van der Waals surface area (Å²) in [6.07, 6.45) is 13.5. The third kappa shape index (κ3) is 2.63. The fourth-order valence-corrected chi connectivity index (χ4v) is 11.2. The zero-order chi connectivity index (χ0) is 21.7. The lowest BCUT2D eigenvalue weighted by Gasteiger charge is -2.69. The minimum Gasteiger partial charge on any atom is -0.393 e. The maximum atomic E-state index is 10.8. The number of hydrogen-bond acceptors (Lipinski definition) is 1. The molecule has 5 aliphatic carbocycles. The zero-order valence-corrected chi connectivity index (χ0v) is 20.8. The smallest absolute Gasteiger partial charge is 0.0594 e. The van der Waals surface area contributed by atoms with Crippen LogP contribution in [0.25, 0.3) is 0 Å². The number of aliphatic hydroxyl groups is 1. The molecule has 5 aliphatic rings. The molecule has 1 heteroatoms. The van der Waals surface area contributed by atoms with Gasteiger partial charge in [0.05, 0.1) is 6.10 Å². The second-order valence-corrected chi connectivity index (χ2v) is 14.1. The highest BCUT2D eigenvalue weighted by atomic mass is 16.3. The van der Waals surface area contributed by atoms with E-state index in [1.165, 1.54) is 63.4 Å².